The first-order valence-corrected chi connectivity index (χ1v) is 7.76. The fraction of sp³-hybridized carbons (Fsp3) is 0.211. The van der Waals surface area contributed by atoms with Crippen LogP contribution in [-0.4, -0.2) is 12.5 Å². The lowest BCUT2D eigenvalue weighted by Crippen LogP contribution is -2.37. The summed E-state index contributed by atoms with van der Waals surface area (Å²) in [6, 6.07) is 13.3. The monoisotopic (exact) mass is 308 g/mol. The average molecular weight is 308 g/mol. The number of hydrogen-bond acceptors (Lipinski definition) is 3. The predicted octanol–water partition coefficient (Wildman–Crippen LogP) is 3.75. The number of ether oxygens (including phenoxy) is 1. The van der Waals surface area contributed by atoms with Crippen molar-refractivity contribution in [3.05, 3.63) is 59.4 Å². The summed E-state index contributed by atoms with van der Waals surface area (Å²) in [6.07, 6.45) is 2.64. The summed E-state index contributed by atoms with van der Waals surface area (Å²) in [5.41, 5.74) is 9.32. The van der Waals surface area contributed by atoms with Gasteiger partial charge >= 0.3 is 0 Å². The second-order valence-electron chi connectivity index (χ2n) is 5.71. The number of hydrogen-bond donors (Lipinski definition) is 1. The summed E-state index contributed by atoms with van der Waals surface area (Å²) in [5.74, 6) is 0.857. The molecular formula is C19H20N2O2. The van der Waals surface area contributed by atoms with Crippen molar-refractivity contribution in [2.24, 2.45) is 0 Å². The van der Waals surface area contributed by atoms with Crippen LogP contribution >= 0.6 is 0 Å². The maximum atomic E-state index is 12.8. The highest BCUT2D eigenvalue weighted by Gasteiger charge is 2.29. The molecule has 0 aromatic heterocycles. The molecule has 0 saturated carbocycles. The zero-order valence-electron chi connectivity index (χ0n) is 13.4. The van der Waals surface area contributed by atoms with Crippen molar-refractivity contribution >= 4 is 23.4 Å². The summed E-state index contributed by atoms with van der Waals surface area (Å²) in [4.78, 5) is 14.5. The first kappa shape index (κ1) is 15.2. The smallest absolute Gasteiger partial charge is 0.294 e. The average Bonchev–Trinajstić information content (AvgIpc) is 2.54. The first-order chi connectivity index (χ1) is 11.1. The van der Waals surface area contributed by atoms with E-state index in [4.69, 9.17) is 10.5 Å². The van der Waals surface area contributed by atoms with Gasteiger partial charge in [-0.15, -0.1) is 0 Å². The van der Waals surface area contributed by atoms with Gasteiger partial charge in [0.15, 0.2) is 11.5 Å². The van der Waals surface area contributed by atoms with Crippen LogP contribution in [0, 0.1) is 6.92 Å². The van der Waals surface area contributed by atoms with Crippen molar-refractivity contribution in [3.63, 3.8) is 0 Å². The fourth-order valence-corrected chi connectivity index (χ4v) is 2.59. The third-order valence-corrected chi connectivity index (χ3v) is 3.77. The van der Waals surface area contributed by atoms with E-state index < -0.39 is 0 Å². The van der Waals surface area contributed by atoms with Gasteiger partial charge in [0.2, 0.25) is 0 Å². The van der Waals surface area contributed by atoms with Crippen LogP contribution in [0.5, 0.6) is 5.75 Å². The van der Waals surface area contributed by atoms with Crippen molar-refractivity contribution in [2.45, 2.75) is 20.3 Å². The van der Waals surface area contributed by atoms with E-state index in [2.05, 4.69) is 0 Å². The number of fused-ring (bicyclic) bond motifs is 1. The van der Waals surface area contributed by atoms with E-state index in [0.29, 0.717) is 23.7 Å². The number of aryl methyl sites for hydroxylation is 1. The number of rotatable bonds is 3. The molecule has 0 aliphatic carbocycles. The summed E-state index contributed by atoms with van der Waals surface area (Å²) in [5, 5.41) is 0. The van der Waals surface area contributed by atoms with Gasteiger partial charge in [0, 0.05) is 12.2 Å². The fourth-order valence-electron chi connectivity index (χ4n) is 2.59. The molecule has 1 aliphatic heterocycles. The minimum atomic E-state index is -0.134. The Balaban J connectivity index is 2.02. The Morgan fingerprint density at radius 2 is 1.91 bits per heavy atom. The van der Waals surface area contributed by atoms with Gasteiger partial charge in [-0.3, -0.25) is 4.79 Å². The molecule has 1 heterocycles. The normalized spacial score (nSPS) is 15.5. The standard InChI is InChI=1S/C19H20N2O2/c1-3-10-21-16-12-15(20)8-9-17(16)23-18(19(21)22)11-14-6-4-13(2)5-7-14/h4-9,11-12H,3,10,20H2,1-2H3/b18-11+. The maximum Gasteiger partial charge on any atom is 0.294 e. The molecule has 118 valence electrons. The molecule has 0 bridgehead atoms. The van der Waals surface area contributed by atoms with Gasteiger partial charge in [-0.2, -0.15) is 0 Å². The maximum absolute atomic E-state index is 12.8. The Hall–Kier alpha value is -2.75. The lowest BCUT2D eigenvalue weighted by Gasteiger charge is -2.30. The Morgan fingerprint density at radius 3 is 2.61 bits per heavy atom. The summed E-state index contributed by atoms with van der Waals surface area (Å²) >= 11 is 0. The summed E-state index contributed by atoms with van der Waals surface area (Å²) < 4.78 is 5.82. The third-order valence-electron chi connectivity index (χ3n) is 3.77. The topological polar surface area (TPSA) is 55.6 Å². The van der Waals surface area contributed by atoms with Crippen LogP contribution in [0.15, 0.2) is 48.2 Å². The number of benzene rings is 2. The first-order valence-electron chi connectivity index (χ1n) is 7.76. The van der Waals surface area contributed by atoms with Gasteiger partial charge in [0.25, 0.3) is 5.91 Å². The highest BCUT2D eigenvalue weighted by Crippen LogP contribution is 2.37. The molecule has 0 spiro atoms. The number of nitrogen functional groups attached to an aromatic ring is 1. The van der Waals surface area contributed by atoms with E-state index >= 15 is 0 Å². The number of carbonyl (C=O) groups is 1. The predicted molar refractivity (Wildman–Crippen MR) is 93.3 cm³/mol. The molecule has 4 nitrogen and oxygen atoms in total. The van der Waals surface area contributed by atoms with Crippen LogP contribution in [0.3, 0.4) is 0 Å². The van der Waals surface area contributed by atoms with E-state index in [0.717, 1.165) is 17.7 Å². The molecule has 2 aromatic rings. The van der Waals surface area contributed by atoms with Crippen LogP contribution < -0.4 is 15.4 Å². The minimum Gasteiger partial charge on any atom is -0.449 e. The Bertz CT molecular complexity index is 763. The van der Waals surface area contributed by atoms with Crippen molar-refractivity contribution in [2.75, 3.05) is 17.2 Å². The molecule has 1 amide bonds. The Morgan fingerprint density at radius 1 is 1.17 bits per heavy atom. The highest BCUT2D eigenvalue weighted by molar-refractivity contribution is 6.10. The third kappa shape index (κ3) is 3.06. The van der Waals surface area contributed by atoms with Crippen LogP contribution in [-0.2, 0) is 4.79 Å². The number of amides is 1. The van der Waals surface area contributed by atoms with Crippen LogP contribution in [0.4, 0.5) is 11.4 Å². The molecule has 0 radical (unpaired) electrons. The van der Waals surface area contributed by atoms with E-state index in [1.54, 1.807) is 23.1 Å². The molecule has 0 fully saturated rings. The zero-order valence-corrected chi connectivity index (χ0v) is 13.4. The highest BCUT2D eigenvalue weighted by atomic mass is 16.5. The Labute approximate surface area is 136 Å². The van der Waals surface area contributed by atoms with Gasteiger partial charge in [-0.1, -0.05) is 36.8 Å². The van der Waals surface area contributed by atoms with Crippen molar-refractivity contribution in [1.82, 2.24) is 0 Å². The SMILES string of the molecule is CCCN1C(=O)/C(=C\c2ccc(C)cc2)Oc2ccc(N)cc21. The second kappa shape index (κ2) is 6.16. The molecule has 23 heavy (non-hydrogen) atoms. The van der Waals surface area contributed by atoms with E-state index in [1.807, 2.05) is 44.2 Å². The molecule has 0 unspecified atom stereocenters. The molecular weight excluding hydrogens is 288 g/mol. The van der Waals surface area contributed by atoms with Crippen molar-refractivity contribution in [1.29, 1.82) is 0 Å². The van der Waals surface area contributed by atoms with Gasteiger partial charge in [0.05, 0.1) is 5.69 Å². The summed E-state index contributed by atoms with van der Waals surface area (Å²) in [6.45, 7) is 4.70. The molecule has 3 rings (SSSR count). The molecule has 0 atom stereocenters. The Kier molecular flexibility index (Phi) is 4.06. The van der Waals surface area contributed by atoms with Crippen molar-refractivity contribution < 1.29 is 9.53 Å². The number of carbonyl (C=O) groups excluding carboxylic acids is 1. The number of anilines is 2. The zero-order chi connectivity index (χ0) is 16.4. The van der Waals surface area contributed by atoms with Crippen LogP contribution in [0.25, 0.3) is 6.08 Å². The summed E-state index contributed by atoms with van der Waals surface area (Å²) in [7, 11) is 0. The van der Waals surface area contributed by atoms with Gasteiger partial charge in [0.1, 0.15) is 0 Å². The minimum absolute atomic E-state index is 0.134. The molecule has 2 N–H and O–H groups in total. The van der Waals surface area contributed by atoms with Gasteiger partial charge in [-0.05, 0) is 43.2 Å². The quantitative estimate of drug-likeness (QED) is 0.694. The lowest BCUT2D eigenvalue weighted by atomic mass is 10.1. The molecule has 4 heteroatoms. The van der Waals surface area contributed by atoms with E-state index in [-0.39, 0.29) is 5.91 Å². The van der Waals surface area contributed by atoms with Gasteiger partial charge in [-0.25, -0.2) is 0 Å². The molecule has 2 aromatic carbocycles. The van der Waals surface area contributed by atoms with Crippen LogP contribution in [0.2, 0.25) is 0 Å². The second-order valence-corrected chi connectivity index (χ2v) is 5.71. The van der Waals surface area contributed by atoms with E-state index in [1.165, 1.54) is 5.56 Å². The van der Waals surface area contributed by atoms with E-state index in [9.17, 15) is 4.79 Å². The molecule has 0 saturated heterocycles. The van der Waals surface area contributed by atoms with Crippen molar-refractivity contribution in [3.8, 4) is 5.75 Å². The van der Waals surface area contributed by atoms with Gasteiger partial charge < -0.3 is 15.4 Å². The van der Waals surface area contributed by atoms with Crippen LogP contribution in [0.1, 0.15) is 24.5 Å². The number of nitrogens with two attached hydrogens (primary N) is 1. The molecule has 1 aliphatic rings. The lowest BCUT2D eigenvalue weighted by molar-refractivity contribution is -0.117. The number of nitrogens with zero attached hydrogens (tertiary/aromatic N) is 1. The largest absolute Gasteiger partial charge is 0.449 e.